The first-order chi connectivity index (χ1) is 16.5. The molecule has 190 valence electrons. The molecule has 3 aromatic rings. The third kappa shape index (κ3) is 5.90. The van der Waals surface area contributed by atoms with E-state index in [1.165, 1.54) is 38.1 Å². The van der Waals surface area contributed by atoms with E-state index < -0.39 is 34.7 Å². The van der Waals surface area contributed by atoms with E-state index in [2.05, 4.69) is 10.3 Å². The quantitative estimate of drug-likeness (QED) is 0.268. The molecule has 0 aliphatic rings. The normalized spacial score (nSPS) is 12.4. The highest BCUT2D eigenvalue weighted by atomic mass is 35.5. The number of alkyl halides is 6. The van der Waals surface area contributed by atoms with E-state index in [9.17, 15) is 36.0 Å². The summed E-state index contributed by atoms with van der Waals surface area (Å²) in [7, 11) is 0. The van der Waals surface area contributed by atoms with Crippen LogP contribution in [0, 0.1) is 24.1 Å². The number of hydrogen-bond donors (Lipinski definition) is 1. The maximum Gasteiger partial charge on any atom is 0.416 e. The van der Waals surface area contributed by atoms with Crippen LogP contribution in [0.25, 0.3) is 11.1 Å². The number of hydrogen-bond acceptors (Lipinski definition) is 3. The van der Waals surface area contributed by atoms with Crippen molar-refractivity contribution >= 4 is 17.3 Å². The molecule has 0 atom stereocenters. The van der Waals surface area contributed by atoms with Crippen molar-refractivity contribution < 1.29 is 30.7 Å². The van der Waals surface area contributed by atoms with Crippen LogP contribution in [0.5, 0.6) is 0 Å². The summed E-state index contributed by atoms with van der Waals surface area (Å²) < 4.78 is 93.8. The second kappa shape index (κ2) is 9.62. The van der Waals surface area contributed by atoms with Gasteiger partial charge in [-0.05, 0) is 60.0 Å². The summed E-state index contributed by atoms with van der Waals surface area (Å²) in [4.78, 5) is 3.96. The molecule has 0 saturated heterocycles. The zero-order chi connectivity index (χ0) is 27.1. The Bertz CT molecular complexity index is 1310. The van der Waals surface area contributed by atoms with Gasteiger partial charge in [-0.15, -0.1) is 0 Å². The van der Waals surface area contributed by atoms with Gasteiger partial charge in [0, 0.05) is 17.5 Å². The molecule has 1 heterocycles. The molecule has 3 rings (SSSR count). The molecule has 0 radical (unpaired) electrons. The Balaban J connectivity index is 2.08. The van der Waals surface area contributed by atoms with Crippen LogP contribution in [0.1, 0.15) is 41.8 Å². The Hall–Kier alpha value is -3.32. The molecule has 0 unspecified atom stereocenters. The fourth-order valence-electron chi connectivity index (χ4n) is 3.67. The third-order valence-electron chi connectivity index (χ3n) is 5.65. The van der Waals surface area contributed by atoms with Gasteiger partial charge in [-0.1, -0.05) is 31.5 Å². The Morgan fingerprint density at radius 2 is 1.44 bits per heavy atom. The van der Waals surface area contributed by atoms with Crippen LogP contribution >= 0.6 is 11.6 Å². The lowest BCUT2D eigenvalue weighted by molar-refractivity contribution is -0.143. The average Bonchev–Trinajstić information content (AvgIpc) is 2.76. The fourth-order valence-corrected chi connectivity index (χ4v) is 3.87. The monoisotopic (exact) mass is 529 g/mol. The molecule has 11 heteroatoms. The Kier molecular flexibility index (Phi) is 7.29. The number of anilines is 1. The Morgan fingerprint density at radius 3 is 1.94 bits per heavy atom. The summed E-state index contributed by atoms with van der Waals surface area (Å²) >= 11 is 6.06. The smallest absolute Gasteiger partial charge is 0.381 e. The van der Waals surface area contributed by atoms with Crippen molar-refractivity contribution in [1.29, 1.82) is 5.26 Å². The van der Waals surface area contributed by atoms with Crippen molar-refractivity contribution in [3.63, 3.8) is 0 Å². The first-order valence-electron chi connectivity index (χ1n) is 10.4. The van der Waals surface area contributed by atoms with Gasteiger partial charge in [0.1, 0.15) is 17.0 Å². The van der Waals surface area contributed by atoms with Gasteiger partial charge in [-0.3, -0.25) is 0 Å². The summed E-state index contributed by atoms with van der Waals surface area (Å²) in [6.45, 7) is 4.40. The molecule has 2 aromatic carbocycles. The lowest BCUT2D eigenvalue weighted by atomic mass is 9.82. The van der Waals surface area contributed by atoms with Crippen molar-refractivity contribution in [3.05, 3.63) is 81.4 Å². The van der Waals surface area contributed by atoms with Gasteiger partial charge in [0.2, 0.25) is 0 Å². The zero-order valence-electron chi connectivity index (χ0n) is 19.2. The largest absolute Gasteiger partial charge is 0.416 e. The second-order valence-corrected chi connectivity index (χ2v) is 9.21. The highest BCUT2D eigenvalue weighted by Gasteiger charge is 2.38. The number of aryl methyl sites for hydroxylation is 1. The predicted molar refractivity (Wildman–Crippen MR) is 122 cm³/mol. The van der Waals surface area contributed by atoms with E-state index >= 15 is 0 Å². The Labute approximate surface area is 207 Å². The van der Waals surface area contributed by atoms with Crippen LogP contribution in [0.3, 0.4) is 0 Å². The molecule has 0 fully saturated rings. The van der Waals surface area contributed by atoms with E-state index in [1.807, 2.05) is 6.07 Å². The molecule has 0 bridgehead atoms. The minimum Gasteiger partial charge on any atom is -0.381 e. The van der Waals surface area contributed by atoms with Crippen molar-refractivity contribution in [1.82, 2.24) is 4.98 Å². The number of nitrogens with one attached hydrogen (secondary N) is 1. The van der Waals surface area contributed by atoms with E-state index in [0.29, 0.717) is 28.8 Å². The van der Waals surface area contributed by atoms with Crippen LogP contribution in [0.15, 0.2) is 42.5 Å². The zero-order valence-corrected chi connectivity index (χ0v) is 19.9. The van der Waals surface area contributed by atoms with Crippen molar-refractivity contribution in [2.24, 2.45) is 0 Å². The lowest BCUT2D eigenvalue weighted by Crippen LogP contribution is -2.29. The number of pyridine rings is 1. The van der Waals surface area contributed by atoms with Crippen LogP contribution in [0.2, 0.25) is 5.15 Å². The number of aromatic nitrogens is 1. The minimum atomic E-state index is -4.99. The fraction of sp³-hybridized carbons (Fsp3) is 0.280. The highest BCUT2D eigenvalue weighted by molar-refractivity contribution is 6.30. The van der Waals surface area contributed by atoms with Gasteiger partial charge in [0.05, 0.1) is 16.8 Å². The van der Waals surface area contributed by atoms with Gasteiger partial charge in [-0.25, -0.2) is 9.37 Å². The van der Waals surface area contributed by atoms with Crippen molar-refractivity contribution in [3.8, 4) is 17.2 Å². The molecule has 0 saturated carbocycles. The first-order valence-corrected chi connectivity index (χ1v) is 10.8. The van der Waals surface area contributed by atoms with Gasteiger partial charge in [0.25, 0.3) is 0 Å². The van der Waals surface area contributed by atoms with Crippen molar-refractivity contribution in [2.45, 2.75) is 38.5 Å². The third-order valence-corrected chi connectivity index (χ3v) is 5.84. The average molecular weight is 530 g/mol. The summed E-state index contributed by atoms with van der Waals surface area (Å²) in [6, 6.07) is 8.68. The van der Waals surface area contributed by atoms with Crippen LogP contribution in [0.4, 0.5) is 36.4 Å². The lowest BCUT2D eigenvalue weighted by Gasteiger charge is -2.29. The van der Waals surface area contributed by atoms with E-state index in [0.717, 1.165) is 0 Å². The number of halogens is 8. The topological polar surface area (TPSA) is 48.7 Å². The van der Waals surface area contributed by atoms with Crippen LogP contribution < -0.4 is 5.32 Å². The Morgan fingerprint density at radius 1 is 0.889 bits per heavy atom. The molecule has 36 heavy (non-hydrogen) atoms. The standard InChI is InChI=1S/C25H19ClF7N3/c1-13-6-17(27)4-5-18(13)19-10-21(26)36-20(11-34)22(19)35-12-23(2,3)14-7-15(24(28,29)30)9-16(8-14)25(31,32)33/h4-10,35H,12H2,1-3H3. The van der Waals surface area contributed by atoms with Gasteiger partial charge >= 0.3 is 12.4 Å². The summed E-state index contributed by atoms with van der Waals surface area (Å²) in [6.07, 6.45) is -9.97. The van der Waals surface area contributed by atoms with E-state index in [4.69, 9.17) is 11.6 Å². The van der Waals surface area contributed by atoms with Crippen LogP contribution in [-0.2, 0) is 17.8 Å². The molecule has 0 aliphatic carbocycles. The van der Waals surface area contributed by atoms with E-state index in [-0.39, 0.29) is 34.7 Å². The number of nitrogens with zero attached hydrogens (tertiary/aromatic N) is 2. The molecule has 3 nitrogen and oxygen atoms in total. The maximum atomic E-state index is 13.6. The molecular weight excluding hydrogens is 511 g/mol. The predicted octanol–water partition coefficient (Wildman–Crippen LogP) is 8.15. The van der Waals surface area contributed by atoms with E-state index in [1.54, 1.807) is 6.92 Å². The number of rotatable bonds is 5. The van der Waals surface area contributed by atoms with Crippen LogP contribution in [-0.4, -0.2) is 11.5 Å². The molecule has 1 N–H and O–H groups in total. The minimum absolute atomic E-state index is 0.0252. The maximum absolute atomic E-state index is 13.6. The molecule has 0 aliphatic heterocycles. The van der Waals surface area contributed by atoms with Crippen molar-refractivity contribution in [2.75, 3.05) is 11.9 Å². The summed E-state index contributed by atoms with van der Waals surface area (Å²) in [5, 5.41) is 12.5. The molecular formula is C25H19ClF7N3. The molecule has 0 spiro atoms. The van der Waals surface area contributed by atoms with Gasteiger partial charge in [0.15, 0.2) is 5.69 Å². The van der Waals surface area contributed by atoms with Gasteiger partial charge < -0.3 is 5.32 Å². The van der Waals surface area contributed by atoms with Gasteiger partial charge in [-0.2, -0.15) is 31.6 Å². The second-order valence-electron chi connectivity index (χ2n) is 8.82. The first kappa shape index (κ1) is 27.3. The molecule has 0 amide bonds. The number of benzene rings is 2. The summed E-state index contributed by atoms with van der Waals surface area (Å²) in [5.41, 5.74) is -2.90. The molecule has 1 aromatic heterocycles. The summed E-state index contributed by atoms with van der Waals surface area (Å²) in [5.74, 6) is -0.488. The number of nitriles is 1. The SMILES string of the molecule is Cc1cc(F)ccc1-c1cc(Cl)nc(C#N)c1NCC(C)(C)c1cc(C(F)(F)F)cc(C(F)(F)F)c1. The highest BCUT2D eigenvalue weighted by Crippen LogP contribution is 2.40.